The lowest BCUT2D eigenvalue weighted by atomic mass is 10.1. The summed E-state index contributed by atoms with van der Waals surface area (Å²) >= 11 is 5.00. The Balaban J connectivity index is 1.56. The summed E-state index contributed by atoms with van der Waals surface area (Å²) in [5.41, 5.74) is 9.21. The highest BCUT2D eigenvalue weighted by Crippen LogP contribution is 2.18. The van der Waals surface area contributed by atoms with Crippen LogP contribution in [-0.2, 0) is 6.54 Å². The predicted octanol–water partition coefficient (Wildman–Crippen LogP) is 2.64. The highest BCUT2D eigenvalue weighted by Gasteiger charge is 2.17. The Morgan fingerprint density at radius 2 is 1.55 bits per heavy atom. The first-order chi connectivity index (χ1) is 10.7. The van der Waals surface area contributed by atoms with Crippen molar-refractivity contribution in [3.8, 4) is 0 Å². The van der Waals surface area contributed by atoms with Crippen molar-refractivity contribution in [1.29, 1.82) is 0 Å². The Morgan fingerprint density at radius 1 is 0.909 bits per heavy atom. The molecule has 0 spiro atoms. The quantitative estimate of drug-likeness (QED) is 0.880. The first-order valence-corrected chi connectivity index (χ1v) is 8.04. The van der Waals surface area contributed by atoms with Crippen LogP contribution >= 0.6 is 12.2 Å². The monoisotopic (exact) mass is 311 g/mol. The molecule has 114 valence electrons. The second-order valence-corrected chi connectivity index (χ2v) is 6.10. The van der Waals surface area contributed by atoms with E-state index in [0.29, 0.717) is 4.99 Å². The summed E-state index contributed by atoms with van der Waals surface area (Å²) in [6.45, 7) is 5.32. The number of hydrogen-bond donors (Lipinski definition) is 1. The lowest BCUT2D eigenvalue weighted by Gasteiger charge is -2.36. The Hall–Kier alpha value is -1.91. The number of benzene rings is 2. The Morgan fingerprint density at radius 3 is 2.14 bits per heavy atom. The summed E-state index contributed by atoms with van der Waals surface area (Å²) in [5.74, 6) is 0. The molecular formula is C18H21N3S. The molecule has 2 N–H and O–H groups in total. The van der Waals surface area contributed by atoms with Gasteiger partial charge in [-0.2, -0.15) is 0 Å². The maximum Gasteiger partial charge on any atom is 0.103 e. The van der Waals surface area contributed by atoms with Crippen LogP contribution in [0.25, 0.3) is 0 Å². The zero-order valence-electron chi connectivity index (χ0n) is 12.6. The van der Waals surface area contributed by atoms with Gasteiger partial charge in [-0.15, -0.1) is 0 Å². The molecule has 0 bridgehead atoms. The van der Waals surface area contributed by atoms with Gasteiger partial charge in [0.05, 0.1) is 0 Å². The molecule has 1 heterocycles. The van der Waals surface area contributed by atoms with Crippen molar-refractivity contribution < 1.29 is 0 Å². The fraction of sp³-hybridized carbons (Fsp3) is 0.278. The minimum Gasteiger partial charge on any atom is -0.389 e. The molecule has 1 aliphatic heterocycles. The van der Waals surface area contributed by atoms with Crippen molar-refractivity contribution in [1.82, 2.24) is 4.90 Å². The molecule has 0 amide bonds. The molecule has 0 saturated carbocycles. The van der Waals surface area contributed by atoms with Gasteiger partial charge in [0.2, 0.25) is 0 Å². The second kappa shape index (κ2) is 6.90. The lowest BCUT2D eigenvalue weighted by Crippen LogP contribution is -2.45. The van der Waals surface area contributed by atoms with Crippen LogP contribution in [0.2, 0.25) is 0 Å². The number of anilines is 1. The van der Waals surface area contributed by atoms with Crippen LogP contribution in [0.5, 0.6) is 0 Å². The molecule has 22 heavy (non-hydrogen) atoms. The second-order valence-electron chi connectivity index (χ2n) is 5.66. The average Bonchev–Trinajstić information content (AvgIpc) is 2.57. The van der Waals surface area contributed by atoms with Crippen molar-refractivity contribution in [3.63, 3.8) is 0 Å². The van der Waals surface area contributed by atoms with E-state index in [1.54, 1.807) is 0 Å². The third-order valence-corrected chi connectivity index (χ3v) is 4.37. The minimum absolute atomic E-state index is 0.458. The van der Waals surface area contributed by atoms with Gasteiger partial charge >= 0.3 is 0 Å². The molecule has 0 aromatic heterocycles. The molecule has 3 nitrogen and oxygen atoms in total. The Kier molecular flexibility index (Phi) is 4.71. The zero-order chi connectivity index (χ0) is 15.4. The highest BCUT2D eigenvalue weighted by molar-refractivity contribution is 7.80. The van der Waals surface area contributed by atoms with E-state index in [1.165, 1.54) is 11.3 Å². The smallest absolute Gasteiger partial charge is 0.103 e. The standard InChI is InChI=1S/C18H21N3S/c19-18(22)16-6-8-17(9-7-16)21-12-10-20(11-13-21)14-15-4-2-1-3-5-15/h1-9H,10-14H2,(H2,19,22). The van der Waals surface area contributed by atoms with Crippen LogP contribution in [0.4, 0.5) is 5.69 Å². The summed E-state index contributed by atoms with van der Waals surface area (Å²) in [6.07, 6.45) is 0. The van der Waals surface area contributed by atoms with Crippen molar-refractivity contribution in [2.45, 2.75) is 6.54 Å². The average molecular weight is 311 g/mol. The molecule has 3 rings (SSSR count). The maximum atomic E-state index is 5.64. The number of hydrogen-bond acceptors (Lipinski definition) is 3. The molecule has 1 aliphatic rings. The van der Waals surface area contributed by atoms with Crippen LogP contribution in [0, 0.1) is 0 Å². The molecule has 1 fully saturated rings. The number of rotatable bonds is 4. The Bertz CT molecular complexity index is 617. The van der Waals surface area contributed by atoms with E-state index in [1.807, 2.05) is 12.1 Å². The van der Waals surface area contributed by atoms with Crippen molar-refractivity contribution >= 4 is 22.9 Å². The van der Waals surface area contributed by atoms with Crippen LogP contribution in [0.15, 0.2) is 54.6 Å². The van der Waals surface area contributed by atoms with Crippen molar-refractivity contribution in [3.05, 3.63) is 65.7 Å². The topological polar surface area (TPSA) is 32.5 Å². The first kappa shape index (κ1) is 15.0. The van der Waals surface area contributed by atoms with Gasteiger partial charge in [0.1, 0.15) is 4.99 Å². The van der Waals surface area contributed by atoms with Crippen LogP contribution in [0.1, 0.15) is 11.1 Å². The van der Waals surface area contributed by atoms with Crippen LogP contribution in [-0.4, -0.2) is 36.1 Å². The summed E-state index contributed by atoms with van der Waals surface area (Å²) in [6, 6.07) is 18.9. The number of piperazine rings is 1. The van der Waals surface area contributed by atoms with E-state index in [2.05, 4.69) is 52.3 Å². The zero-order valence-corrected chi connectivity index (χ0v) is 13.4. The molecule has 0 unspecified atom stereocenters. The molecule has 4 heteroatoms. The van der Waals surface area contributed by atoms with Crippen molar-refractivity contribution in [2.24, 2.45) is 5.73 Å². The van der Waals surface area contributed by atoms with Gasteiger partial charge in [-0.25, -0.2) is 0 Å². The molecule has 0 radical (unpaired) electrons. The van der Waals surface area contributed by atoms with E-state index < -0.39 is 0 Å². The van der Waals surface area contributed by atoms with Gasteiger partial charge < -0.3 is 10.6 Å². The summed E-state index contributed by atoms with van der Waals surface area (Å²) in [5, 5.41) is 0. The lowest BCUT2D eigenvalue weighted by molar-refractivity contribution is 0.250. The van der Waals surface area contributed by atoms with Gasteiger partial charge in [-0.1, -0.05) is 42.5 Å². The number of thiocarbonyl (C=S) groups is 1. The Labute approximate surface area is 137 Å². The van der Waals surface area contributed by atoms with Gasteiger partial charge in [0, 0.05) is 44.0 Å². The largest absolute Gasteiger partial charge is 0.389 e. The SMILES string of the molecule is NC(=S)c1ccc(N2CCN(Cc3ccccc3)CC2)cc1. The molecule has 2 aromatic carbocycles. The number of nitrogens with zero attached hydrogens (tertiary/aromatic N) is 2. The van der Waals surface area contributed by atoms with Crippen LogP contribution < -0.4 is 10.6 Å². The normalized spacial score (nSPS) is 15.7. The molecule has 1 saturated heterocycles. The van der Waals surface area contributed by atoms with Crippen molar-refractivity contribution in [2.75, 3.05) is 31.1 Å². The molecule has 0 atom stereocenters. The van der Waals surface area contributed by atoms with Crippen LogP contribution in [0.3, 0.4) is 0 Å². The summed E-state index contributed by atoms with van der Waals surface area (Å²) in [4.78, 5) is 5.39. The van der Waals surface area contributed by atoms with Gasteiger partial charge in [-0.05, 0) is 29.8 Å². The highest BCUT2D eigenvalue weighted by atomic mass is 32.1. The van der Waals surface area contributed by atoms with E-state index >= 15 is 0 Å². The fourth-order valence-electron chi connectivity index (χ4n) is 2.84. The summed E-state index contributed by atoms with van der Waals surface area (Å²) in [7, 11) is 0. The van der Waals surface area contributed by atoms with E-state index in [9.17, 15) is 0 Å². The van der Waals surface area contributed by atoms with Gasteiger partial charge in [-0.3, -0.25) is 4.90 Å². The third-order valence-electron chi connectivity index (χ3n) is 4.14. The molecular weight excluding hydrogens is 290 g/mol. The molecule has 0 aliphatic carbocycles. The van der Waals surface area contributed by atoms with E-state index in [0.717, 1.165) is 38.3 Å². The van der Waals surface area contributed by atoms with E-state index in [4.69, 9.17) is 18.0 Å². The number of nitrogens with two attached hydrogens (primary N) is 1. The minimum atomic E-state index is 0.458. The first-order valence-electron chi connectivity index (χ1n) is 7.63. The van der Waals surface area contributed by atoms with Gasteiger partial charge in [0.15, 0.2) is 0 Å². The fourth-order valence-corrected chi connectivity index (χ4v) is 2.98. The maximum absolute atomic E-state index is 5.64. The predicted molar refractivity (Wildman–Crippen MR) is 96.3 cm³/mol. The molecule has 2 aromatic rings. The van der Waals surface area contributed by atoms with E-state index in [-0.39, 0.29) is 0 Å². The summed E-state index contributed by atoms with van der Waals surface area (Å²) < 4.78 is 0. The third kappa shape index (κ3) is 3.64. The van der Waals surface area contributed by atoms with Gasteiger partial charge in [0.25, 0.3) is 0 Å².